The van der Waals surface area contributed by atoms with Crippen LogP contribution in [0.3, 0.4) is 0 Å². The predicted octanol–water partition coefficient (Wildman–Crippen LogP) is 1.47. The van der Waals surface area contributed by atoms with E-state index in [4.69, 9.17) is 0 Å². The van der Waals surface area contributed by atoms with Gasteiger partial charge in [-0.3, -0.25) is 0 Å². The van der Waals surface area contributed by atoms with Gasteiger partial charge in [0.05, 0.1) is 0 Å². The zero-order valence-electron chi connectivity index (χ0n) is 9.56. The molecule has 0 radical (unpaired) electrons. The van der Waals surface area contributed by atoms with E-state index in [0.29, 0.717) is 0 Å². The van der Waals surface area contributed by atoms with E-state index in [-0.39, 0.29) is 13.0 Å². The summed E-state index contributed by atoms with van der Waals surface area (Å²) in [6.07, 6.45) is 1.05. The first kappa shape index (κ1) is 14.3. The van der Waals surface area contributed by atoms with Crippen LogP contribution in [0.1, 0.15) is 26.7 Å². The summed E-state index contributed by atoms with van der Waals surface area (Å²) >= 11 is 0. The minimum atomic E-state index is -5.25. The van der Waals surface area contributed by atoms with Crippen molar-refractivity contribution in [2.24, 2.45) is 0 Å². The summed E-state index contributed by atoms with van der Waals surface area (Å²) in [5, 5.41) is 2.92. The third-order valence-corrected chi connectivity index (χ3v) is 3.94. The van der Waals surface area contributed by atoms with E-state index < -0.39 is 21.6 Å². The van der Waals surface area contributed by atoms with Crippen LogP contribution in [-0.2, 0) is 10.0 Å². The fourth-order valence-corrected chi connectivity index (χ4v) is 2.28. The molecule has 0 aromatic carbocycles. The van der Waals surface area contributed by atoms with Crippen LogP contribution in [0.15, 0.2) is 11.3 Å². The number of hydrogen-bond donors (Lipinski definition) is 2. The molecule has 8 heteroatoms. The molecule has 2 N–H and O–H groups in total. The van der Waals surface area contributed by atoms with Gasteiger partial charge in [0.15, 0.2) is 0 Å². The van der Waals surface area contributed by atoms with Crippen molar-refractivity contribution in [3.63, 3.8) is 0 Å². The molecule has 4 nitrogen and oxygen atoms in total. The number of rotatable bonds is 3. The van der Waals surface area contributed by atoms with Crippen LogP contribution in [-0.4, -0.2) is 26.5 Å². The molecule has 0 aromatic heterocycles. The highest BCUT2D eigenvalue weighted by Crippen LogP contribution is 2.24. The first-order valence-corrected chi connectivity index (χ1v) is 6.66. The van der Waals surface area contributed by atoms with Crippen molar-refractivity contribution >= 4 is 10.0 Å². The Balaban J connectivity index is 2.70. The van der Waals surface area contributed by atoms with Gasteiger partial charge < -0.3 is 5.32 Å². The van der Waals surface area contributed by atoms with Crippen LogP contribution in [0.4, 0.5) is 13.2 Å². The minimum absolute atomic E-state index is 0.183. The van der Waals surface area contributed by atoms with Gasteiger partial charge in [-0.05, 0) is 13.3 Å². The Labute approximate surface area is 98.3 Å². The molecule has 0 saturated carbocycles. The maximum Gasteiger partial charge on any atom is 0.511 e. The number of allylic oxidation sites excluding steroid dienone is 1. The second-order valence-electron chi connectivity index (χ2n) is 3.96. The number of alkyl halides is 3. The van der Waals surface area contributed by atoms with Crippen LogP contribution >= 0.6 is 0 Å². The van der Waals surface area contributed by atoms with Crippen LogP contribution in [0, 0.1) is 0 Å². The molecule has 1 fully saturated rings. The van der Waals surface area contributed by atoms with Crippen molar-refractivity contribution in [3.8, 4) is 0 Å². The van der Waals surface area contributed by atoms with Crippen LogP contribution in [0.5, 0.6) is 0 Å². The zero-order chi connectivity index (χ0) is 13.3. The lowest BCUT2D eigenvalue weighted by atomic mass is 10.1. The molecule has 0 aliphatic carbocycles. The van der Waals surface area contributed by atoms with Gasteiger partial charge in [0.25, 0.3) is 0 Å². The molecule has 0 spiro atoms. The molecular weight excluding hydrogens is 257 g/mol. The molecule has 0 amide bonds. The largest absolute Gasteiger partial charge is 0.511 e. The third-order valence-electron chi connectivity index (χ3n) is 2.68. The second-order valence-corrected chi connectivity index (χ2v) is 5.67. The van der Waals surface area contributed by atoms with Gasteiger partial charge in [-0.25, -0.2) is 13.1 Å². The monoisotopic (exact) mass is 272 g/mol. The highest BCUT2D eigenvalue weighted by atomic mass is 32.2. The van der Waals surface area contributed by atoms with E-state index in [0.717, 1.165) is 17.7 Å². The Bertz CT molecular complexity index is 414. The highest BCUT2D eigenvalue weighted by molar-refractivity contribution is 7.90. The van der Waals surface area contributed by atoms with Gasteiger partial charge in [0.1, 0.15) is 0 Å². The SMILES string of the molecule is CC/C(C)=C1/C[C@H](NS(=O)(=O)C(F)(F)F)CN1. The van der Waals surface area contributed by atoms with Crippen molar-refractivity contribution in [2.75, 3.05) is 6.54 Å². The highest BCUT2D eigenvalue weighted by Gasteiger charge is 2.47. The number of hydrogen-bond acceptors (Lipinski definition) is 3. The Morgan fingerprint density at radius 3 is 2.59 bits per heavy atom. The average Bonchev–Trinajstić information content (AvgIpc) is 2.62. The van der Waals surface area contributed by atoms with Crippen molar-refractivity contribution in [2.45, 2.75) is 38.2 Å². The fourth-order valence-electron chi connectivity index (χ4n) is 1.55. The molecule has 0 bridgehead atoms. The van der Waals surface area contributed by atoms with E-state index in [1.807, 2.05) is 13.8 Å². The van der Waals surface area contributed by atoms with Gasteiger partial charge >= 0.3 is 15.5 Å². The Kier molecular flexibility index (Phi) is 4.08. The summed E-state index contributed by atoms with van der Waals surface area (Å²) in [5.41, 5.74) is -3.40. The predicted molar refractivity (Wildman–Crippen MR) is 57.5 cm³/mol. The zero-order valence-corrected chi connectivity index (χ0v) is 10.4. The first-order chi connectivity index (χ1) is 7.67. The van der Waals surface area contributed by atoms with E-state index in [1.54, 1.807) is 4.72 Å². The standard InChI is InChI=1S/C9H15F3N2O2S/c1-3-6(2)8-4-7(5-13-8)14-17(15,16)9(10,11)12/h7,13-14H,3-5H2,1-2H3/b8-6-/t7-/m0/s1. The molecule has 100 valence electrons. The number of nitrogens with one attached hydrogen (secondary N) is 2. The molecule has 1 aliphatic heterocycles. The van der Waals surface area contributed by atoms with Crippen LogP contribution in [0.25, 0.3) is 0 Å². The molecule has 1 saturated heterocycles. The van der Waals surface area contributed by atoms with Gasteiger partial charge in [0, 0.05) is 24.7 Å². The van der Waals surface area contributed by atoms with Crippen molar-refractivity contribution in [1.82, 2.24) is 10.0 Å². The maximum absolute atomic E-state index is 12.1. The Morgan fingerprint density at radius 2 is 2.12 bits per heavy atom. The molecule has 0 unspecified atom stereocenters. The maximum atomic E-state index is 12.1. The summed E-state index contributed by atoms with van der Waals surface area (Å²) in [7, 11) is -5.25. The Morgan fingerprint density at radius 1 is 1.53 bits per heavy atom. The lowest BCUT2D eigenvalue weighted by Gasteiger charge is -2.13. The Hall–Kier alpha value is -0.760. The lowest BCUT2D eigenvalue weighted by molar-refractivity contribution is -0.0450. The molecule has 1 atom stereocenters. The van der Waals surface area contributed by atoms with Crippen LogP contribution < -0.4 is 10.0 Å². The second kappa shape index (κ2) is 4.85. The van der Waals surface area contributed by atoms with Crippen molar-refractivity contribution in [3.05, 3.63) is 11.3 Å². The van der Waals surface area contributed by atoms with E-state index >= 15 is 0 Å². The summed E-state index contributed by atoms with van der Waals surface area (Å²) in [5.74, 6) is 0. The molecule has 0 aromatic rings. The van der Waals surface area contributed by atoms with Gasteiger partial charge in [-0.1, -0.05) is 12.5 Å². The average molecular weight is 272 g/mol. The summed E-state index contributed by atoms with van der Waals surface area (Å²) < 4.78 is 59.8. The lowest BCUT2D eigenvalue weighted by Crippen LogP contribution is -2.43. The van der Waals surface area contributed by atoms with Gasteiger partial charge in [-0.2, -0.15) is 13.2 Å². The first-order valence-electron chi connectivity index (χ1n) is 5.18. The van der Waals surface area contributed by atoms with Gasteiger partial charge in [-0.15, -0.1) is 0 Å². The summed E-state index contributed by atoms with van der Waals surface area (Å²) in [6.45, 7) is 3.97. The van der Waals surface area contributed by atoms with E-state index in [2.05, 4.69) is 5.32 Å². The van der Waals surface area contributed by atoms with Crippen molar-refractivity contribution < 1.29 is 21.6 Å². The summed E-state index contributed by atoms with van der Waals surface area (Å²) in [4.78, 5) is 0. The summed E-state index contributed by atoms with van der Waals surface area (Å²) in [6, 6.07) is -0.738. The molecule has 17 heavy (non-hydrogen) atoms. The minimum Gasteiger partial charge on any atom is -0.387 e. The van der Waals surface area contributed by atoms with E-state index in [9.17, 15) is 21.6 Å². The van der Waals surface area contributed by atoms with E-state index in [1.165, 1.54) is 0 Å². The quantitative estimate of drug-likeness (QED) is 0.818. The van der Waals surface area contributed by atoms with Crippen LogP contribution in [0.2, 0.25) is 0 Å². The topological polar surface area (TPSA) is 58.2 Å². The molecule has 1 rings (SSSR count). The van der Waals surface area contributed by atoms with Gasteiger partial charge in [0.2, 0.25) is 0 Å². The smallest absolute Gasteiger partial charge is 0.387 e. The fraction of sp³-hybridized carbons (Fsp3) is 0.778. The number of sulfonamides is 1. The van der Waals surface area contributed by atoms with Crippen molar-refractivity contribution in [1.29, 1.82) is 0 Å². The molecular formula is C9H15F3N2O2S. The number of halogens is 3. The third kappa shape index (κ3) is 3.35. The normalized spacial score (nSPS) is 24.6. The molecule has 1 heterocycles. The molecule has 1 aliphatic rings.